The molecule has 0 aromatic heterocycles. The molecular weight excluding hydrogens is 348 g/mol. The first-order valence-corrected chi connectivity index (χ1v) is 10.00. The molecule has 26 heavy (non-hydrogen) atoms. The maximum Gasteiger partial charge on any atom is 0.252 e. The van der Waals surface area contributed by atoms with Crippen molar-refractivity contribution in [1.29, 1.82) is 0 Å². The van der Waals surface area contributed by atoms with E-state index in [-0.39, 0.29) is 5.78 Å². The van der Waals surface area contributed by atoms with Crippen molar-refractivity contribution in [2.24, 2.45) is 0 Å². The first-order valence-electron chi connectivity index (χ1n) is 9.62. The third-order valence-corrected chi connectivity index (χ3v) is 4.59. The van der Waals surface area contributed by atoms with Gasteiger partial charge in [0.1, 0.15) is 5.75 Å². The van der Waals surface area contributed by atoms with Crippen molar-refractivity contribution in [1.82, 2.24) is 0 Å². The van der Waals surface area contributed by atoms with Crippen LogP contribution in [0.3, 0.4) is 0 Å². The van der Waals surface area contributed by atoms with Gasteiger partial charge in [0.25, 0.3) is 5.24 Å². The first kappa shape index (κ1) is 22.4. The number of allylic oxidation sites excluding steroid dienone is 1. The summed E-state index contributed by atoms with van der Waals surface area (Å²) in [6, 6.07) is 6.91. The molecule has 0 unspecified atom stereocenters. The number of carbonyl (C=O) groups is 2. The normalized spacial score (nSPS) is 10.5. The van der Waals surface area contributed by atoms with Crippen molar-refractivity contribution < 1.29 is 14.3 Å². The van der Waals surface area contributed by atoms with Crippen molar-refractivity contribution in [3.05, 3.63) is 42.0 Å². The van der Waals surface area contributed by atoms with Crippen LogP contribution in [0.15, 0.2) is 36.4 Å². The molecule has 1 aromatic carbocycles. The summed E-state index contributed by atoms with van der Waals surface area (Å²) in [6.07, 6.45) is 11.2. The highest BCUT2D eigenvalue weighted by atomic mass is 35.5. The molecule has 0 atom stereocenters. The first-order chi connectivity index (χ1) is 12.5. The Morgan fingerprint density at radius 3 is 1.88 bits per heavy atom. The van der Waals surface area contributed by atoms with E-state index < -0.39 is 5.24 Å². The minimum absolute atomic E-state index is 0.204. The Bertz CT molecular complexity index is 563. The van der Waals surface area contributed by atoms with E-state index in [1.54, 1.807) is 31.2 Å². The molecule has 0 saturated carbocycles. The van der Waals surface area contributed by atoms with Crippen molar-refractivity contribution in [2.45, 2.75) is 71.1 Å². The molecule has 4 heteroatoms. The van der Waals surface area contributed by atoms with E-state index in [0.29, 0.717) is 24.2 Å². The fraction of sp³-hybridized carbons (Fsp3) is 0.545. The van der Waals surface area contributed by atoms with Crippen molar-refractivity contribution >= 4 is 22.6 Å². The average Bonchev–Trinajstić information content (AvgIpc) is 2.62. The minimum atomic E-state index is -0.447. The monoisotopic (exact) mass is 378 g/mol. The molecule has 1 aromatic rings. The van der Waals surface area contributed by atoms with E-state index >= 15 is 0 Å². The van der Waals surface area contributed by atoms with Gasteiger partial charge in [-0.15, -0.1) is 0 Å². The summed E-state index contributed by atoms with van der Waals surface area (Å²) in [6.45, 7) is 6.16. The SMILES string of the molecule is C=C(C)C(=O)CCCCCCCCCCCOc1ccc(C(=O)Cl)cc1. The Kier molecular flexibility index (Phi) is 11.7. The van der Waals surface area contributed by atoms with E-state index in [2.05, 4.69) is 6.58 Å². The van der Waals surface area contributed by atoms with Crippen LogP contribution in [-0.2, 0) is 4.79 Å². The molecule has 0 saturated heterocycles. The predicted molar refractivity (Wildman–Crippen MR) is 108 cm³/mol. The number of halogens is 1. The van der Waals surface area contributed by atoms with E-state index in [0.717, 1.165) is 25.0 Å². The molecule has 0 amide bonds. The van der Waals surface area contributed by atoms with Gasteiger partial charge in [-0.1, -0.05) is 51.5 Å². The third kappa shape index (κ3) is 10.4. The standard InChI is InChI=1S/C22H31ClO3/c1-18(2)21(24)12-10-8-6-4-3-5-7-9-11-17-26-20-15-13-19(14-16-20)22(23)25/h13-16H,1,3-12,17H2,2H3. The number of hydrogen-bond donors (Lipinski definition) is 0. The zero-order valence-electron chi connectivity index (χ0n) is 15.9. The van der Waals surface area contributed by atoms with E-state index in [4.69, 9.17) is 16.3 Å². The molecule has 1 rings (SSSR count). The molecular formula is C22H31ClO3. The smallest absolute Gasteiger partial charge is 0.252 e. The lowest BCUT2D eigenvalue weighted by Gasteiger charge is -2.06. The van der Waals surface area contributed by atoms with Crippen LogP contribution in [0.4, 0.5) is 0 Å². The number of carbonyl (C=O) groups excluding carboxylic acids is 2. The predicted octanol–water partition coefficient (Wildman–Crippen LogP) is 6.49. The van der Waals surface area contributed by atoms with Gasteiger partial charge in [0.15, 0.2) is 5.78 Å². The number of unbranched alkanes of at least 4 members (excludes halogenated alkanes) is 8. The average molecular weight is 379 g/mol. The topological polar surface area (TPSA) is 43.4 Å². The van der Waals surface area contributed by atoms with Crippen LogP contribution in [0.25, 0.3) is 0 Å². The minimum Gasteiger partial charge on any atom is -0.494 e. The van der Waals surface area contributed by atoms with Crippen molar-refractivity contribution in [3.63, 3.8) is 0 Å². The van der Waals surface area contributed by atoms with Crippen LogP contribution in [-0.4, -0.2) is 17.6 Å². The second-order valence-corrected chi connectivity index (χ2v) is 7.13. The molecule has 0 aliphatic rings. The van der Waals surface area contributed by atoms with Crippen LogP contribution >= 0.6 is 11.6 Å². The van der Waals surface area contributed by atoms with Gasteiger partial charge in [-0.05, 0) is 61.2 Å². The second kappa shape index (κ2) is 13.6. The molecule has 0 N–H and O–H groups in total. The van der Waals surface area contributed by atoms with E-state index in [1.165, 1.54) is 38.5 Å². The summed E-state index contributed by atoms with van der Waals surface area (Å²) in [4.78, 5) is 22.4. The van der Waals surface area contributed by atoms with Crippen molar-refractivity contribution in [3.8, 4) is 5.75 Å². The number of benzene rings is 1. The van der Waals surface area contributed by atoms with Gasteiger partial charge in [0.05, 0.1) is 6.61 Å². The molecule has 0 radical (unpaired) electrons. The maximum atomic E-state index is 11.4. The van der Waals surface area contributed by atoms with Gasteiger partial charge in [-0.3, -0.25) is 9.59 Å². The molecule has 0 spiro atoms. The largest absolute Gasteiger partial charge is 0.494 e. The summed E-state index contributed by atoms with van der Waals surface area (Å²) in [7, 11) is 0. The Morgan fingerprint density at radius 1 is 0.885 bits per heavy atom. The third-order valence-electron chi connectivity index (χ3n) is 4.37. The Balaban J connectivity index is 1.90. The number of hydrogen-bond acceptors (Lipinski definition) is 3. The number of rotatable bonds is 15. The van der Waals surface area contributed by atoms with Crippen LogP contribution in [0.5, 0.6) is 5.75 Å². The lowest BCUT2D eigenvalue weighted by molar-refractivity contribution is -0.115. The molecule has 0 aliphatic heterocycles. The second-order valence-electron chi connectivity index (χ2n) is 6.78. The van der Waals surface area contributed by atoms with Gasteiger partial charge in [0, 0.05) is 12.0 Å². The Hall–Kier alpha value is -1.61. The van der Waals surface area contributed by atoms with E-state index in [9.17, 15) is 9.59 Å². The van der Waals surface area contributed by atoms with Gasteiger partial charge >= 0.3 is 0 Å². The van der Waals surface area contributed by atoms with Crippen LogP contribution in [0, 0.1) is 0 Å². The number of ketones is 1. The lowest BCUT2D eigenvalue weighted by Crippen LogP contribution is -1.98. The Labute approximate surface area is 162 Å². The van der Waals surface area contributed by atoms with Crippen LogP contribution in [0.1, 0.15) is 81.5 Å². The summed E-state index contributed by atoms with van der Waals surface area (Å²) in [5.41, 5.74) is 1.16. The van der Waals surface area contributed by atoms with Gasteiger partial charge in [0.2, 0.25) is 0 Å². The highest BCUT2D eigenvalue weighted by Crippen LogP contribution is 2.15. The summed E-state index contributed by atoms with van der Waals surface area (Å²) in [5, 5.41) is -0.447. The fourth-order valence-corrected chi connectivity index (χ4v) is 2.84. The molecule has 144 valence electrons. The van der Waals surface area contributed by atoms with Crippen LogP contribution in [0.2, 0.25) is 0 Å². The summed E-state index contributed by atoms with van der Waals surface area (Å²) >= 11 is 5.41. The highest BCUT2D eigenvalue weighted by molar-refractivity contribution is 6.67. The van der Waals surface area contributed by atoms with E-state index in [1.807, 2.05) is 0 Å². The quantitative estimate of drug-likeness (QED) is 0.199. The summed E-state index contributed by atoms with van der Waals surface area (Å²) < 4.78 is 5.66. The zero-order chi connectivity index (χ0) is 19.2. The van der Waals surface area contributed by atoms with Gasteiger partial charge in [-0.25, -0.2) is 0 Å². The Morgan fingerprint density at radius 2 is 1.38 bits per heavy atom. The molecule has 0 aliphatic carbocycles. The highest BCUT2D eigenvalue weighted by Gasteiger charge is 2.02. The number of Topliss-reactive ketones (excluding diaryl/α,β-unsaturated/α-hetero) is 1. The number of ether oxygens (including phenoxy) is 1. The van der Waals surface area contributed by atoms with Gasteiger partial charge < -0.3 is 4.74 Å². The maximum absolute atomic E-state index is 11.4. The van der Waals surface area contributed by atoms with Crippen LogP contribution < -0.4 is 4.74 Å². The molecule has 0 bridgehead atoms. The van der Waals surface area contributed by atoms with Gasteiger partial charge in [-0.2, -0.15) is 0 Å². The van der Waals surface area contributed by atoms with Crippen molar-refractivity contribution in [2.75, 3.05) is 6.61 Å². The zero-order valence-corrected chi connectivity index (χ0v) is 16.7. The summed E-state index contributed by atoms with van der Waals surface area (Å²) in [5.74, 6) is 0.979. The molecule has 0 heterocycles. The fourth-order valence-electron chi connectivity index (χ4n) is 2.71. The molecule has 0 fully saturated rings. The molecule has 3 nitrogen and oxygen atoms in total. The lowest BCUT2D eigenvalue weighted by atomic mass is 10.0.